The number of hydrogen-bond donors (Lipinski definition) is 0. The third-order valence-electron chi connectivity index (χ3n) is 8.48. The van der Waals surface area contributed by atoms with E-state index in [4.69, 9.17) is 0 Å². The van der Waals surface area contributed by atoms with Crippen LogP contribution < -0.4 is 0 Å². The Hall–Kier alpha value is -6.69. The summed E-state index contributed by atoms with van der Waals surface area (Å²) < 4.78 is 0. The van der Waals surface area contributed by atoms with Crippen LogP contribution in [0.5, 0.6) is 0 Å². The Morgan fingerprint density at radius 3 is 2.13 bits per heavy atom. The molecule has 7 heteroatoms. The molecule has 1 aromatic carbocycles. The van der Waals surface area contributed by atoms with Crippen LogP contribution in [0.25, 0.3) is 11.1 Å². The lowest BCUT2D eigenvalue weighted by atomic mass is 9.79. The van der Waals surface area contributed by atoms with Gasteiger partial charge in [0.15, 0.2) is 0 Å². The van der Waals surface area contributed by atoms with Gasteiger partial charge < -0.3 is 0 Å². The molecule has 7 nitrogen and oxygen atoms in total. The Morgan fingerprint density at radius 1 is 0.848 bits per heavy atom. The van der Waals surface area contributed by atoms with Crippen molar-refractivity contribution < 1.29 is 0 Å². The molecule has 2 atom stereocenters. The molecule has 2 unspecified atom stereocenters. The molecule has 0 N–H and O–H groups in total. The van der Waals surface area contributed by atoms with Crippen molar-refractivity contribution in [1.29, 1.82) is 36.8 Å². The molecule has 0 aliphatic heterocycles. The Kier molecular flexibility index (Phi) is 9.62. The molecule has 0 spiro atoms. The molecule has 0 bridgehead atoms. The van der Waals surface area contributed by atoms with Crippen molar-refractivity contribution in [3.63, 3.8) is 0 Å². The standard InChI is InChI=1S/C39H27N7/c1-5-8-9-26(38-30(10-11-40)31-13-24(6-2)27(17-41)15-32(31)36(38)22-46)12-23(4)37-35(21-45)33-16-28(18-42)25(7-3)14-34(33)39(37)29(19-43)20-44/h5,9-10,12-16,31-32H,1,6-8H2,2-4H3/b23-12+,26-9+,30-10-. The summed E-state index contributed by atoms with van der Waals surface area (Å²) in [4.78, 5) is 0. The molecule has 46 heavy (non-hydrogen) atoms. The molecule has 0 heterocycles. The molecule has 218 valence electrons. The van der Waals surface area contributed by atoms with Crippen molar-refractivity contribution in [2.24, 2.45) is 11.8 Å². The first kappa shape index (κ1) is 32.2. The number of allylic oxidation sites excluding steroid dienone is 17. The highest BCUT2D eigenvalue weighted by Gasteiger charge is 2.40. The Balaban J connectivity index is 2.06. The highest BCUT2D eigenvalue weighted by atomic mass is 14.4. The van der Waals surface area contributed by atoms with E-state index in [1.54, 1.807) is 37.3 Å². The van der Waals surface area contributed by atoms with Gasteiger partial charge in [0, 0.05) is 45.8 Å². The van der Waals surface area contributed by atoms with Crippen molar-refractivity contribution in [2.45, 2.75) is 40.0 Å². The summed E-state index contributed by atoms with van der Waals surface area (Å²) in [5, 5.41) is 70.3. The summed E-state index contributed by atoms with van der Waals surface area (Å²) in [6, 6.07) is 18.5. The van der Waals surface area contributed by atoms with Gasteiger partial charge in [-0.1, -0.05) is 44.2 Å². The van der Waals surface area contributed by atoms with Crippen molar-refractivity contribution in [3.05, 3.63) is 128 Å². The highest BCUT2D eigenvalue weighted by molar-refractivity contribution is 6.09. The maximum Gasteiger partial charge on any atom is 0.138 e. The van der Waals surface area contributed by atoms with Gasteiger partial charge in [0.25, 0.3) is 0 Å². The number of hydrogen-bond acceptors (Lipinski definition) is 7. The van der Waals surface area contributed by atoms with Crippen LogP contribution in [0.1, 0.15) is 55.9 Å². The minimum absolute atomic E-state index is 0.169. The predicted molar refractivity (Wildman–Crippen MR) is 173 cm³/mol. The molecule has 3 aliphatic carbocycles. The first-order chi connectivity index (χ1) is 22.3. The van der Waals surface area contributed by atoms with Crippen molar-refractivity contribution in [3.8, 4) is 42.5 Å². The Bertz CT molecular complexity index is 2120. The zero-order valence-corrected chi connectivity index (χ0v) is 25.7. The normalized spacial score (nSPS) is 19.3. The van der Waals surface area contributed by atoms with Crippen LogP contribution in [-0.2, 0) is 6.42 Å². The number of nitriles is 7. The van der Waals surface area contributed by atoms with Crippen molar-refractivity contribution in [2.75, 3.05) is 0 Å². The van der Waals surface area contributed by atoms with Gasteiger partial charge in [-0.15, -0.1) is 6.58 Å². The molecule has 1 aromatic rings. The van der Waals surface area contributed by atoms with E-state index in [1.807, 2.05) is 38.1 Å². The lowest BCUT2D eigenvalue weighted by Gasteiger charge is -2.22. The molecular weight excluding hydrogens is 566 g/mol. The van der Waals surface area contributed by atoms with Gasteiger partial charge in [0.1, 0.15) is 23.8 Å². The van der Waals surface area contributed by atoms with Crippen LogP contribution in [0.4, 0.5) is 0 Å². The second-order valence-corrected chi connectivity index (χ2v) is 10.8. The van der Waals surface area contributed by atoms with Crippen molar-refractivity contribution >= 4 is 11.1 Å². The summed E-state index contributed by atoms with van der Waals surface area (Å²) in [5.41, 5.74) is 7.00. The van der Waals surface area contributed by atoms with E-state index in [1.165, 1.54) is 6.08 Å². The average Bonchev–Trinajstić information content (AvgIpc) is 3.56. The fourth-order valence-corrected chi connectivity index (χ4v) is 6.45. The first-order valence-electron chi connectivity index (χ1n) is 14.7. The number of aryl methyl sites for hydroxylation is 1. The van der Waals surface area contributed by atoms with E-state index in [9.17, 15) is 36.8 Å². The maximum absolute atomic E-state index is 10.5. The minimum Gasteiger partial charge on any atom is -0.193 e. The molecule has 0 saturated carbocycles. The largest absolute Gasteiger partial charge is 0.193 e. The molecule has 0 aromatic heterocycles. The SMILES string of the molecule is C=CC/C=C(\C=C(/C)C1=C(C#N)c2cc(C#N)c(CC)cc2C1=C(C#N)C#N)C1=C(C#N)C2C=C(C#N)C(CC)=CC2/C1=C/C#N. The van der Waals surface area contributed by atoms with E-state index < -0.39 is 5.92 Å². The second-order valence-electron chi connectivity index (χ2n) is 10.8. The molecule has 0 saturated heterocycles. The summed E-state index contributed by atoms with van der Waals surface area (Å²) >= 11 is 0. The van der Waals surface area contributed by atoms with Crippen LogP contribution in [0.15, 0.2) is 105 Å². The zero-order valence-electron chi connectivity index (χ0n) is 25.7. The summed E-state index contributed by atoms with van der Waals surface area (Å²) in [6.07, 6.45) is 12.2. The van der Waals surface area contributed by atoms with Gasteiger partial charge in [-0.25, -0.2) is 0 Å². The summed E-state index contributed by atoms with van der Waals surface area (Å²) in [7, 11) is 0. The van der Waals surface area contributed by atoms with Crippen LogP contribution in [-0.4, -0.2) is 0 Å². The smallest absolute Gasteiger partial charge is 0.138 e. The van der Waals surface area contributed by atoms with Crippen LogP contribution >= 0.6 is 0 Å². The van der Waals surface area contributed by atoms with Crippen LogP contribution in [0.2, 0.25) is 0 Å². The minimum atomic E-state index is -0.439. The van der Waals surface area contributed by atoms with Gasteiger partial charge in [-0.2, -0.15) is 36.8 Å². The van der Waals surface area contributed by atoms with E-state index in [0.29, 0.717) is 80.5 Å². The quantitative estimate of drug-likeness (QED) is 0.175. The lowest BCUT2D eigenvalue weighted by Crippen LogP contribution is -2.14. The fourth-order valence-electron chi connectivity index (χ4n) is 6.45. The topological polar surface area (TPSA) is 167 Å². The number of fused-ring (bicyclic) bond motifs is 2. The Morgan fingerprint density at radius 2 is 1.59 bits per heavy atom. The van der Waals surface area contributed by atoms with E-state index in [0.717, 1.165) is 11.1 Å². The third kappa shape index (κ3) is 5.30. The average molecular weight is 594 g/mol. The van der Waals surface area contributed by atoms with Crippen LogP contribution in [0.3, 0.4) is 0 Å². The van der Waals surface area contributed by atoms with Gasteiger partial charge in [0.2, 0.25) is 0 Å². The molecular formula is C39H27N7. The van der Waals surface area contributed by atoms with Gasteiger partial charge in [-0.05, 0) is 71.7 Å². The molecule has 0 fully saturated rings. The first-order valence-corrected chi connectivity index (χ1v) is 14.7. The van der Waals surface area contributed by atoms with Crippen molar-refractivity contribution in [1.82, 2.24) is 0 Å². The van der Waals surface area contributed by atoms with Gasteiger partial charge in [-0.3, -0.25) is 0 Å². The molecule has 3 aliphatic rings. The Labute approximate surface area is 269 Å². The molecule has 0 amide bonds. The highest BCUT2D eigenvalue weighted by Crippen LogP contribution is 2.51. The van der Waals surface area contributed by atoms with Gasteiger partial charge in [0.05, 0.1) is 41.0 Å². The maximum atomic E-state index is 10.5. The van der Waals surface area contributed by atoms with E-state index in [-0.39, 0.29) is 17.1 Å². The number of nitrogens with zero attached hydrogens (tertiary/aromatic N) is 7. The second kappa shape index (κ2) is 13.7. The lowest BCUT2D eigenvalue weighted by molar-refractivity contribution is 0.645. The monoisotopic (exact) mass is 593 g/mol. The molecule has 4 rings (SSSR count). The van der Waals surface area contributed by atoms with Gasteiger partial charge >= 0.3 is 0 Å². The molecule has 0 radical (unpaired) electrons. The number of rotatable bonds is 7. The third-order valence-corrected chi connectivity index (χ3v) is 8.48. The predicted octanol–water partition coefficient (Wildman–Crippen LogP) is 7.98. The fraction of sp³-hybridized carbons (Fsp3) is 0.205. The summed E-state index contributed by atoms with van der Waals surface area (Å²) in [5.74, 6) is -0.760. The van der Waals surface area contributed by atoms with Crippen LogP contribution in [0, 0.1) is 91.2 Å². The van der Waals surface area contributed by atoms with E-state index >= 15 is 0 Å². The number of benzene rings is 1. The zero-order chi connectivity index (χ0) is 33.5. The summed E-state index contributed by atoms with van der Waals surface area (Å²) in [6.45, 7) is 9.46. The van der Waals surface area contributed by atoms with E-state index in [2.05, 4.69) is 36.9 Å².